The number of aliphatic imine (C=N–C) groups is 2. The molecular weight excluding hydrogens is 1080 g/mol. The summed E-state index contributed by atoms with van der Waals surface area (Å²) in [5.41, 5.74) is 28.3. The summed E-state index contributed by atoms with van der Waals surface area (Å²) in [4.78, 5) is 56.3. The minimum atomic E-state index is -1.00. The molecule has 4 aromatic rings. The van der Waals surface area contributed by atoms with Crippen LogP contribution in [0.5, 0.6) is 11.5 Å². The number of benzene rings is 4. The summed E-state index contributed by atoms with van der Waals surface area (Å²) >= 11 is -0.508. The molecule has 1 unspecified atom stereocenters. The summed E-state index contributed by atoms with van der Waals surface area (Å²) in [5, 5.41) is 30.9. The molecule has 0 aliphatic carbocycles. The van der Waals surface area contributed by atoms with Crippen molar-refractivity contribution in [2.24, 2.45) is 54.6 Å². The van der Waals surface area contributed by atoms with E-state index in [2.05, 4.69) is 15.3 Å². The van der Waals surface area contributed by atoms with Crippen LogP contribution in [0.3, 0.4) is 0 Å². The van der Waals surface area contributed by atoms with Crippen molar-refractivity contribution in [1.82, 2.24) is 5.32 Å². The molecule has 18 nitrogen and oxygen atoms in total. The van der Waals surface area contributed by atoms with Gasteiger partial charge in [-0.15, -0.1) is 12.4 Å². The normalized spacial score (nSPS) is 11.9. The van der Waals surface area contributed by atoms with E-state index in [0.29, 0.717) is 49.6 Å². The Morgan fingerprint density at radius 3 is 1.48 bits per heavy atom. The fourth-order valence-electron chi connectivity index (χ4n) is 6.99. The topological polar surface area (TPSA) is 346 Å². The van der Waals surface area contributed by atoms with Gasteiger partial charge >= 0.3 is 166 Å². The van der Waals surface area contributed by atoms with Crippen LogP contribution in [-0.2, 0) is 54.7 Å². The maximum absolute atomic E-state index is 13.0. The van der Waals surface area contributed by atoms with Crippen LogP contribution in [0.25, 0.3) is 0 Å². The van der Waals surface area contributed by atoms with Gasteiger partial charge in [0.15, 0.2) is 11.9 Å². The molecule has 410 valence electrons. The van der Waals surface area contributed by atoms with Gasteiger partial charge in [-0.25, -0.2) is 4.79 Å². The van der Waals surface area contributed by atoms with Gasteiger partial charge in [0, 0.05) is 26.9 Å². The van der Waals surface area contributed by atoms with Crippen LogP contribution in [0.15, 0.2) is 94.9 Å². The zero-order valence-electron chi connectivity index (χ0n) is 43.6. The number of halogens is 3. The maximum Gasteiger partial charge on any atom is 0.329 e. The van der Waals surface area contributed by atoms with Crippen LogP contribution >= 0.6 is 12.4 Å². The average molecular weight is 1160 g/mol. The Balaban J connectivity index is -0.00000108. The van der Waals surface area contributed by atoms with Crippen molar-refractivity contribution in [2.75, 3.05) is 24.7 Å². The molecule has 0 saturated heterocycles. The van der Waals surface area contributed by atoms with Crippen LogP contribution < -0.4 is 53.7 Å². The zero-order valence-corrected chi connectivity index (χ0v) is 45.6. The van der Waals surface area contributed by atoms with Crippen molar-refractivity contribution in [3.05, 3.63) is 129 Å². The fraction of sp³-hybridized carbons (Fsp3) is 0.423. The number of carbonyl (C=O) groups is 4. The van der Waals surface area contributed by atoms with E-state index < -0.39 is 46.6 Å². The predicted molar refractivity (Wildman–Crippen MR) is 285 cm³/mol. The third kappa shape index (κ3) is 28.6. The Morgan fingerprint density at radius 1 is 0.712 bits per heavy atom. The number of esters is 2. The van der Waals surface area contributed by atoms with Crippen molar-refractivity contribution >= 4 is 48.1 Å². The average Bonchev–Trinajstić information content (AvgIpc) is 3.32. The second-order valence-corrected chi connectivity index (χ2v) is 18.6. The number of rotatable bonds is 23. The molecule has 21 heteroatoms. The largest absolute Gasteiger partial charge is 0.508 e. The van der Waals surface area contributed by atoms with E-state index in [0.717, 1.165) is 44.5 Å². The van der Waals surface area contributed by atoms with Gasteiger partial charge in [0.05, 0.1) is 14.4 Å². The van der Waals surface area contributed by atoms with E-state index in [9.17, 15) is 33.8 Å². The molecule has 73 heavy (non-hydrogen) atoms. The van der Waals surface area contributed by atoms with Crippen molar-refractivity contribution in [2.45, 2.75) is 99.3 Å². The number of phenolic OH excluding ortho intramolecular Hbond substituents is 2. The smallest absolute Gasteiger partial charge is 0.329 e. The number of hydrogen-bond acceptors (Lipinski definition) is 11. The number of hydrogen-bond donors (Lipinski definition) is 9. The molecular formula is C52H80ClFIN8O10-. The molecule has 4 atom stereocenters. The number of aliphatic carboxylic acids is 1. The first kappa shape index (κ1) is 66.8. The molecule has 4 rings (SSSR count). The van der Waals surface area contributed by atoms with Crippen LogP contribution in [0.2, 0.25) is 0 Å². The predicted octanol–water partition coefficient (Wildman–Crippen LogP) is 2.53. The van der Waals surface area contributed by atoms with Gasteiger partial charge in [0.2, 0.25) is 5.91 Å². The molecule has 0 spiro atoms. The molecule has 0 heterocycles. The van der Waals surface area contributed by atoms with Crippen molar-refractivity contribution in [3.63, 3.8) is 0 Å². The van der Waals surface area contributed by atoms with E-state index in [1.54, 1.807) is 38.1 Å². The number of aryl methyl sites for hydroxylation is 4. The summed E-state index contributed by atoms with van der Waals surface area (Å²) < 4.78 is 33.0. The Hall–Kier alpha value is -6.23. The molecule has 4 aromatic carbocycles. The summed E-state index contributed by atoms with van der Waals surface area (Å²) in [5.74, 6) is -2.11. The summed E-state index contributed by atoms with van der Waals surface area (Å²) in [6, 6.07) is 24.9. The van der Waals surface area contributed by atoms with E-state index in [1.165, 1.54) is 0 Å². The molecule has 0 saturated carbocycles. The van der Waals surface area contributed by atoms with Crippen molar-refractivity contribution < 1.29 is 78.1 Å². The molecule has 0 aromatic heterocycles. The molecule has 0 aliphatic heterocycles. The quantitative estimate of drug-likeness (QED) is 0.00981. The van der Waals surface area contributed by atoms with E-state index >= 15 is 0 Å². The number of carboxylic acid groups (broad SMARTS) is 1. The van der Waals surface area contributed by atoms with Gasteiger partial charge in [-0.2, -0.15) is 0 Å². The molecule has 0 fully saturated rings. The first-order valence-electron chi connectivity index (χ1n) is 23.6. The molecule has 1 amide bonds. The number of amides is 1. The third-order valence-corrected chi connectivity index (χ3v) is 12.5. The van der Waals surface area contributed by atoms with Crippen LogP contribution in [-0.4, -0.2) is 87.2 Å². The summed E-state index contributed by atoms with van der Waals surface area (Å²) in [7, 11) is -1.00. The number of nitrogens with zero attached hydrogens (tertiary/aromatic N) is 2. The molecule has 0 bridgehead atoms. The number of carboxylic acids is 1. The number of alkyl halides is 2. The minimum absolute atomic E-state index is 0. The molecule has 0 aliphatic rings. The number of aromatic hydroxyl groups is 2. The van der Waals surface area contributed by atoms with Gasteiger partial charge in [0.25, 0.3) is 0 Å². The minimum Gasteiger partial charge on any atom is -0.508 e. The van der Waals surface area contributed by atoms with Gasteiger partial charge < -0.3 is 48.7 Å². The van der Waals surface area contributed by atoms with Crippen LogP contribution in [0, 0.1) is 45.4 Å². The molecule has 0 radical (unpaired) electrons. The van der Waals surface area contributed by atoms with E-state index in [4.69, 9.17) is 42.8 Å². The van der Waals surface area contributed by atoms with Gasteiger partial charge in [-0.05, 0) is 73.9 Å². The van der Waals surface area contributed by atoms with Crippen molar-refractivity contribution in [3.8, 4) is 11.5 Å². The first-order chi connectivity index (χ1) is 34.1. The first-order valence-corrected chi connectivity index (χ1v) is 25.7. The van der Waals surface area contributed by atoms with Crippen LogP contribution in [0.4, 0.5) is 4.39 Å². The SMILES string of the molecule is C[C@H](CCCN=C(N)N)C(=O)O.Cc1cc(O)cc(C)c1CC(C[I-]N)C(=O)OCc1ccccc1.Cc1cc(O)cc(C)c1C[C@H](NC(=O)[C@H](C)CCCN=C(N)N)C(=O)OCc1ccccc1.Cl.O.[2H]CF.[HH]. The Labute approximate surface area is 449 Å². The van der Waals surface area contributed by atoms with Gasteiger partial charge in [-0.3, -0.25) is 24.0 Å². The number of guanidine groups is 2. The van der Waals surface area contributed by atoms with Gasteiger partial charge in [0.1, 0.15) is 18.4 Å². The Morgan fingerprint density at radius 2 is 1.10 bits per heavy atom. The number of ether oxygens (including phenoxy) is 2. The fourth-order valence-corrected chi connectivity index (χ4v) is 8.28. The monoisotopic (exact) mass is 1160 g/mol. The third-order valence-electron chi connectivity index (χ3n) is 10.9. The zero-order chi connectivity index (χ0) is 54.2. The Bertz CT molecular complexity index is 2290. The van der Waals surface area contributed by atoms with Gasteiger partial charge in [-0.1, -0.05) is 44.2 Å². The molecule has 16 N–H and O–H groups in total. The number of nitrogens with one attached hydrogen (secondary N) is 1. The van der Waals surface area contributed by atoms with Crippen molar-refractivity contribution in [1.29, 1.82) is 0 Å². The second-order valence-electron chi connectivity index (χ2n) is 16.8. The number of phenols is 2. The maximum atomic E-state index is 13.0. The number of nitrogens with two attached hydrogens (primary N) is 5. The summed E-state index contributed by atoms with van der Waals surface area (Å²) in [6.45, 7) is 12.4. The second kappa shape index (κ2) is 38.4. The summed E-state index contributed by atoms with van der Waals surface area (Å²) in [6.07, 6.45) is 3.38. The Kier molecular flexibility index (Phi) is 35.1. The number of carbonyl (C=O) groups excluding carboxylic acids is 3. The standard InChI is InChI=1S/C25H34N4O4.C19H23INO3.C7H15N3O2.CH3F.ClH.H2O.H2/c1-16(8-7-11-28-25(26)27)23(31)29-22(14-21-17(2)12-20(30)13-18(21)3)24(32)33-15-19-9-5-4-6-10-19;1-13-8-17(22)9-14(2)18(13)10-16(11-20-21)19(23)24-12-15-6-4-3-5-7-15;1-5(6(11)12)3-2-4-10-7(8)9;1-2;;;/h4-6,9-10,12-13,16,22,30H,7-8,11,14-15H2,1-3H3,(H,29,31)(H4,26,27,28);3-9,16,22H,10-12,21H2,1-2H3;5H,2-4H2,1H3,(H,11,12)(H4,8,9,10);1H3;1H;1H2;1H/q;-1;;;;;/t16-,22+;;5-;;;;/m1.1..../s1/i;;;1D;;;. The van der Waals surface area contributed by atoms with E-state index in [-0.39, 0.29) is 92.0 Å². The van der Waals surface area contributed by atoms with E-state index in [1.807, 2.05) is 88.4 Å². The van der Waals surface area contributed by atoms with Crippen LogP contribution in [0.1, 0.15) is 86.8 Å².